The Kier molecular flexibility index (Phi) is 7.07. The number of esters is 1. The smallest absolute Gasteiger partial charge is 0.367 e. The van der Waals surface area contributed by atoms with Gasteiger partial charge in [-0.15, -0.1) is 0 Å². The number of ether oxygens (including phenoxy) is 3. The number of rotatable bonds is 7. The summed E-state index contributed by atoms with van der Waals surface area (Å²) in [6, 6.07) is 8.85. The molecule has 0 spiro atoms. The molecule has 1 aromatic rings. The molecule has 5 N–H and O–H groups in total. The van der Waals surface area contributed by atoms with Crippen LogP contribution in [0, 0.1) is 0 Å². The van der Waals surface area contributed by atoms with Crippen LogP contribution in [0.2, 0.25) is 0 Å². The fourth-order valence-electron chi connectivity index (χ4n) is 2.73. The average molecular weight is 372 g/mol. The maximum atomic E-state index is 12.5. The van der Waals surface area contributed by atoms with Crippen LogP contribution in [0.1, 0.15) is 12.0 Å². The van der Waals surface area contributed by atoms with Crippen molar-refractivity contribution in [2.24, 2.45) is 0 Å². The van der Waals surface area contributed by atoms with Crippen molar-refractivity contribution in [3.8, 4) is 0 Å². The lowest BCUT2D eigenvalue weighted by Crippen LogP contribution is -2.64. The first-order valence-corrected chi connectivity index (χ1v) is 8.12. The molecule has 9 nitrogen and oxygen atoms in total. The molecule has 0 amide bonds. The van der Waals surface area contributed by atoms with Crippen LogP contribution in [0.25, 0.3) is 0 Å². The lowest BCUT2D eigenvalue weighted by molar-refractivity contribution is -0.322. The van der Waals surface area contributed by atoms with Gasteiger partial charge in [0.2, 0.25) is 0 Å². The fourth-order valence-corrected chi connectivity index (χ4v) is 2.73. The van der Waals surface area contributed by atoms with E-state index in [9.17, 15) is 25.2 Å². The van der Waals surface area contributed by atoms with Crippen LogP contribution in [-0.2, 0) is 25.6 Å². The lowest BCUT2D eigenvalue weighted by atomic mass is 9.91. The second kappa shape index (κ2) is 8.87. The summed E-state index contributed by atoms with van der Waals surface area (Å²) in [4.78, 5) is 12.5. The minimum absolute atomic E-state index is 0.0702. The molecule has 6 atom stereocenters. The van der Waals surface area contributed by atoms with Crippen LogP contribution in [0.5, 0.6) is 0 Å². The van der Waals surface area contributed by atoms with Crippen molar-refractivity contribution in [3.05, 3.63) is 35.9 Å². The van der Waals surface area contributed by atoms with Crippen molar-refractivity contribution in [1.29, 1.82) is 0 Å². The summed E-state index contributed by atoms with van der Waals surface area (Å²) in [6.45, 7) is -0.873. The van der Waals surface area contributed by atoms with Gasteiger partial charge in [0.25, 0.3) is 5.79 Å². The van der Waals surface area contributed by atoms with Crippen LogP contribution in [0.15, 0.2) is 30.3 Å². The Labute approximate surface area is 150 Å². The summed E-state index contributed by atoms with van der Waals surface area (Å²) >= 11 is 0. The first-order valence-electron chi connectivity index (χ1n) is 8.12. The van der Waals surface area contributed by atoms with Crippen LogP contribution in [0.4, 0.5) is 0 Å². The number of hydrogen-bond acceptors (Lipinski definition) is 9. The summed E-state index contributed by atoms with van der Waals surface area (Å²) in [5.41, 5.74) is 0.718. The third-order valence-electron chi connectivity index (χ3n) is 4.31. The number of carbonyl (C=O) groups excluding carboxylic acids is 1. The van der Waals surface area contributed by atoms with Gasteiger partial charge in [-0.1, -0.05) is 30.3 Å². The SMILES string of the molecule is COC1(C(=O)OCc2ccccc2)CC(O)C(O)C(C(O)C(O)CO)O1. The first kappa shape index (κ1) is 20.7. The summed E-state index contributed by atoms with van der Waals surface area (Å²) in [6.07, 6.45) is -8.51. The number of methoxy groups -OCH3 is 1. The molecule has 1 aromatic carbocycles. The van der Waals surface area contributed by atoms with E-state index >= 15 is 0 Å². The largest absolute Gasteiger partial charge is 0.457 e. The van der Waals surface area contributed by atoms with E-state index in [0.717, 1.165) is 12.7 Å². The molecule has 146 valence electrons. The Morgan fingerprint density at radius 1 is 1.31 bits per heavy atom. The maximum Gasteiger partial charge on any atom is 0.367 e. The van der Waals surface area contributed by atoms with Gasteiger partial charge in [0, 0.05) is 13.5 Å². The van der Waals surface area contributed by atoms with Gasteiger partial charge in [0.05, 0.1) is 12.7 Å². The monoisotopic (exact) mass is 372 g/mol. The Balaban J connectivity index is 2.15. The molecule has 0 bridgehead atoms. The van der Waals surface area contributed by atoms with Crippen molar-refractivity contribution in [1.82, 2.24) is 0 Å². The Bertz CT molecular complexity index is 581. The molecular formula is C17H24O9. The van der Waals surface area contributed by atoms with E-state index in [4.69, 9.17) is 19.3 Å². The Hall–Kier alpha value is -1.59. The predicted molar refractivity (Wildman–Crippen MR) is 86.6 cm³/mol. The van der Waals surface area contributed by atoms with E-state index in [1.807, 2.05) is 6.07 Å². The zero-order chi connectivity index (χ0) is 19.3. The zero-order valence-electron chi connectivity index (χ0n) is 14.3. The molecular weight excluding hydrogens is 348 g/mol. The molecule has 9 heteroatoms. The Morgan fingerprint density at radius 2 is 1.96 bits per heavy atom. The molecule has 2 rings (SSSR count). The molecule has 1 heterocycles. The number of aliphatic hydroxyl groups excluding tert-OH is 5. The number of carbonyl (C=O) groups is 1. The van der Waals surface area contributed by atoms with Gasteiger partial charge in [-0.05, 0) is 5.56 Å². The molecule has 1 fully saturated rings. The van der Waals surface area contributed by atoms with Crippen molar-refractivity contribution < 1.29 is 44.5 Å². The molecule has 0 radical (unpaired) electrons. The second-order valence-corrected chi connectivity index (χ2v) is 6.10. The molecule has 1 saturated heterocycles. The number of benzene rings is 1. The third-order valence-corrected chi connectivity index (χ3v) is 4.31. The van der Waals surface area contributed by atoms with Crippen molar-refractivity contribution in [2.75, 3.05) is 13.7 Å². The molecule has 1 aliphatic heterocycles. The first-order chi connectivity index (χ1) is 12.3. The summed E-state index contributed by atoms with van der Waals surface area (Å²) in [7, 11) is 1.15. The Morgan fingerprint density at radius 3 is 2.54 bits per heavy atom. The van der Waals surface area contributed by atoms with Crippen LogP contribution < -0.4 is 0 Å². The van der Waals surface area contributed by atoms with Gasteiger partial charge < -0.3 is 39.7 Å². The summed E-state index contributed by atoms with van der Waals surface area (Å²) in [5, 5.41) is 48.7. The highest BCUT2D eigenvalue weighted by Crippen LogP contribution is 2.33. The van der Waals surface area contributed by atoms with E-state index in [1.165, 1.54) is 0 Å². The summed E-state index contributed by atoms with van der Waals surface area (Å²) < 4.78 is 15.7. The zero-order valence-corrected chi connectivity index (χ0v) is 14.3. The van der Waals surface area contributed by atoms with Gasteiger partial charge in [-0.2, -0.15) is 0 Å². The van der Waals surface area contributed by atoms with E-state index in [1.54, 1.807) is 24.3 Å². The van der Waals surface area contributed by atoms with Crippen LogP contribution >= 0.6 is 0 Å². The molecule has 0 aliphatic carbocycles. The highest BCUT2D eigenvalue weighted by atomic mass is 16.7. The standard InChI is InChI=1S/C17H24O9/c1-24-17(16(23)25-9-10-5-3-2-4-6-10)7-11(19)13(21)15(26-17)14(22)12(20)8-18/h2-6,11-15,18-22H,7-9H2,1H3. The van der Waals surface area contributed by atoms with Gasteiger partial charge >= 0.3 is 5.97 Å². The summed E-state index contributed by atoms with van der Waals surface area (Å²) in [5.74, 6) is -3.03. The second-order valence-electron chi connectivity index (χ2n) is 6.10. The van der Waals surface area contributed by atoms with Crippen molar-refractivity contribution in [2.45, 2.75) is 49.3 Å². The lowest BCUT2D eigenvalue weighted by Gasteiger charge is -2.44. The van der Waals surface area contributed by atoms with Gasteiger partial charge in [-0.25, -0.2) is 4.79 Å². The van der Waals surface area contributed by atoms with Gasteiger partial charge in [0.15, 0.2) is 0 Å². The molecule has 0 aromatic heterocycles. The highest BCUT2D eigenvalue weighted by Gasteiger charge is 2.55. The topological polar surface area (TPSA) is 146 Å². The molecule has 1 aliphatic rings. The maximum absolute atomic E-state index is 12.5. The van der Waals surface area contributed by atoms with Gasteiger partial charge in [0.1, 0.15) is 31.0 Å². The van der Waals surface area contributed by atoms with E-state index in [-0.39, 0.29) is 6.61 Å². The number of aliphatic hydroxyl groups is 5. The van der Waals surface area contributed by atoms with Crippen molar-refractivity contribution in [3.63, 3.8) is 0 Å². The van der Waals surface area contributed by atoms with Crippen molar-refractivity contribution >= 4 is 5.97 Å². The average Bonchev–Trinajstić information content (AvgIpc) is 2.67. The van der Waals surface area contributed by atoms with E-state index in [0.29, 0.717) is 0 Å². The fraction of sp³-hybridized carbons (Fsp3) is 0.588. The number of hydrogen-bond donors (Lipinski definition) is 5. The highest BCUT2D eigenvalue weighted by molar-refractivity contribution is 5.78. The van der Waals surface area contributed by atoms with Crippen LogP contribution in [-0.4, -0.2) is 81.5 Å². The minimum Gasteiger partial charge on any atom is -0.457 e. The molecule has 6 unspecified atom stereocenters. The van der Waals surface area contributed by atoms with E-state index < -0.39 is 55.3 Å². The predicted octanol–water partition coefficient (Wildman–Crippen LogP) is -1.70. The van der Waals surface area contributed by atoms with Crippen LogP contribution in [0.3, 0.4) is 0 Å². The van der Waals surface area contributed by atoms with Gasteiger partial charge in [-0.3, -0.25) is 0 Å². The molecule has 26 heavy (non-hydrogen) atoms. The third kappa shape index (κ3) is 4.38. The molecule has 0 saturated carbocycles. The normalized spacial score (nSPS) is 31.2. The van der Waals surface area contributed by atoms with E-state index in [2.05, 4.69) is 0 Å². The quantitative estimate of drug-likeness (QED) is 0.353. The minimum atomic E-state index is -2.08.